The summed E-state index contributed by atoms with van der Waals surface area (Å²) in [4.78, 5) is 12.3. The number of aliphatic hydroxyl groups is 1. The van der Waals surface area contributed by atoms with Gasteiger partial charge < -0.3 is 5.11 Å². The summed E-state index contributed by atoms with van der Waals surface area (Å²) in [6.45, 7) is 0. The number of rotatable bonds is 3. The molecule has 2 heteroatoms. The lowest BCUT2D eigenvalue weighted by Gasteiger charge is -2.27. The van der Waals surface area contributed by atoms with Gasteiger partial charge >= 0.3 is 0 Å². The third-order valence-electron chi connectivity index (χ3n) is 3.74. The molecular formula is C19H16O2. The molecule has 0 bridgehead atoms. The molecule has 3 rings (SSSR count). The highest BCUT2D eigenvalue weighted by Gasteiger charge is 2.28. The van der Waals surface area contributed by atoms with Gasteiger partial charge in [0.05, 0.1) is 0 Å². The van der Waals surface area contributed by atoms with E-state index in [0.717, 1.165) is 5.56 Å². The van der Waals surface area contributed by atoms with Crippen LogP contribution >= 0.6 is 0 Å². The second-order valence-corrected chi connectivity index (χ2v) is 5.18. The number of hydrogen-bond donors (Lipinski definition) is 1. The maximum atomic E-state index is 12.3. The molecule has 1 N–H and O–H groups in total. The number of hydrogen-bond acceptors (Lipinski definition) is 2. The molecule has 1 unspecified atom stereocenters. The first-order chi connectivity index (χ1) is 10.2. The molecule has 0 aromatic heterocycles. The molecule has 1 aliphatic rings. The minimum atomic E-state index is -1.03. The largest absolute Gasteiger partial charge is 0.381 e. The number of Topliss-reactive ketones (excluding diaryl/α,β-unsaturated/α-hetero) is 1. The monoisotopic (exact) mass is 276 g/mol. The van der Waals surface area contributed by atoms with Crippen LogP contribution in [-0.2, 0) is 5.60 Å². The zero-order valence-corrected chi connectivity index (χ0v) is 11.6. The van der Waals surface area contributed by atoms with Crippen molar-refractivity contribution in [1.29, 1.82) is 0 Å². The molecule has 1 atom stereocenters. The van der Waals surface area contributed by atoms with Gasteiger partial charge in [-0.1, -0.05) is 72.8 Å². The Hall–Kier alpha value is -2.45. The Morgan fingerprint density at radius 1 is 0.952 bits per heavy atom. The molecule has 0 saturated carbocycles. The number of carbonyl (C=O) groups is 1. The Kier molecular flexibility index (Phi) is 3.55. The Labute approximate surface area is 124 Å². The Balaban J connectivity index is 1.82. The van der Waals surface area contributed by atoms with Crippen molar-refractivity contribution in [2.75, 3.05) is 0 Å². The molecule has 1 aliphatic carbocycles. The average Bonchev–Trinajstić information content (AvgIpc) is 2.57. The normalized spacial score (nSPS) is 20.9. The Morgan fingerprint density at radius 2 is 1.57 bits per heavy atom. The highest BCUT2D eigenvalue weighted by Crippen LogP contribution is 2.32. The molecule has 21 heavy (non-hydrogen) atoms. The standard InChI is InChI=1S/C19H16O2/c20-18(15-7-3-1-4-8-15)16-11-13-19(21,14-12-16)17-9-5-2-6-10-17/h1-13,21H,14H2. The molecular weight excluding hydrogens is 260 g/mol. The van der Waals surface area contributed by atoms with Crippen LogP contribution in [0.15, 0.2) is 84.5 Å². The van der Waals surface area contributed by atoms with Crippen molar-refractivity contribution in [3.05, 3.63) is 95.6 Å². The van der Waals surface area contributed by atoms with E-state index in [-0.39, 0.29) is 5.78 Å². The molecule has 0 fully saturated rings. The molecule has 0 spiro atoms. The maximum Gasteiger partial charge on any atom is 0.192 e. The molecule has 2 aromatic rings. The fourth-order valence-corrected chi connectivity index (χ4v) is 2.49. The van der Waals surface area contributed by atoms with Gasteiger partial charge in [0.2, 0.25) is 0 Å². The number of benzene rings is 2. The van der Waals surface area contributed by atoms with E-state index in [1.54, 1.807) is 24.3 Å². The first kappa shape index (κ1) is 13.5. The van der Waals surface area contributed by atoms with Crippen molar-refractivity contribution >= 4 is 5.78 Å². The van der Waals surface area contributed by atoms with Crippen molar-refractivity contribution < 1.29 is 9.90 Å². The van der Waals surface area contributed by atoms with Gasteiger partial charge in [-0.3, -0.25) is 4.79 Å². The van der Waals surface area contributed by atoms with Crippen LogP contribution in [0.3, 0.4) is 0 Å². The summed E-state index contributed by atoms with van der Waals surface area (Å²) in [5.41, 5.74) is 1.10. The van der Waals surface area contributed by atoms with Gasteiger partial charge in [-0.2, -0.15) is 0 Å². The van der Waals surface area contributed by atoms with Crippen LogP contribution < -0.4 is 0 Å². The van der Waals surface area contributed by atoms with E-state index in [1.165, 1.54) is 0 Å². The van der Waals surface area contributed by atoms with E-state index in [9.17, 15) is 9.90 Å². The van der Waals surface area contributed by atoms with E-state index in [0.29, 0.717) is 17.6 Å². The van der Waals surface area contributed by atoms with E-state index >= 15 is 0 Å². The van der Waals surface area contributed by atoms with Gasteiger partial charge in [-0.15, -0.1) is 0 Å². The molecule has 0 amide bonds. The van der Waals surface area contributed by atoms with Crippen LogP contribution in [0.2, 0.25) is 0 Å². The van der Waals surface area contributed by atoms with Gasteiger partial charge in [-0.05, 0) is 11.6 Å². The molecule has 0 heterocycles. The third-order valence-corrected chi connectivity index (χ3v) is 3.74. The number of ketones is 1. The molecule has 2 nitrogen and oxygen atoms in total. The third kappa shape index (κ3) is 2.71. The van der Waals surface area contributed by atoms with Gasteiger partial charge in [0.25, 0.3) is 0 Å². The van der Waals surface area contributed by atoms with Crippen molar-refractivity contribution in [3.63, 3.8) is 0 Å². The average molecular weight is 276 g/mol. The summed E-state index contributed by atoms with van der Waals surface area (Å²) in [6.07, 6.45) is 5.63. The van der Waals surface area contributed by atoms with E-state index < -0.39 is 5.60 Å². The first-order valence-electron chi connectivity index (χ1n) is 6.96. The lowest BCUT2D eigenvalue weighted by Crippen LogP contribution is -2.24. The summed E-state index contributed by atoms with van der Waals surface area (Å²) in [6, 6.07) is 18.7. The van der Waals surface area contributed by atoms with Gasteiger partial charge in [0.15, 0.2) is 5.78 Å². The lowest BCUT2D eigenvalue weighted by molar-refractivity contribution is 0.0900. The predicted molar refractivity (Wildman–Crippen MR) is 83.0 cm³/mol. The van der Waals surface area contributed by atoms with Gasteiger partial charge in [0, 0.05) is 17.6 Å². The van der Waals surface area contributed by atoms with Gasteiger partial charge in [-0.25, -0.2) is 0 Å². The second-order valence-electron chi connectivity index (χ2n) is 5.18. The van der Waals surface area contributed by atoms with Crippen molar-refractivity contribution in [2.24, 2.45) is 0 Å². The summed E-state index contributed by atoms with van der Waals surface area (Å²) in [7, 11) is 0. The zero-order valence-electron chi connectivity index (χ0n) is 11.6. The molecule has 104 valence electrons. The van der Waals surface area contributed by atoms with E-state index in [2.05, 4.69) is 0 Å². The first-order valence-corrected chi connectivity index (χ1v) is 6.96. The summed E-state index contributed by atoms with van der Waals surface area (Å²) in [5.74, 6) is -0.0121. The molecule has 2 aromatic carbocycles. The fourth-order valence-electron chi connectivity index (χ4n) is 2.49. The topological polar surface area (TPSA) is 37.3 Å². The predicted octanol–water partition coefficient (Wildman–Crippen LogP) is 3.64. The van der Waals surface area contributed by atoms with Crippen LogP contribution in [0.25, 0.3) is 0 Å². The van der Waals surface area contributed by atoms with E-state index in [1.807, 2.05) is 54.6 Å². The molecule has 0 radical (unpaired) electrons. The zero-order chi connectivity index (χ0) is 14.7. The summed E-state index contributed by atoms with van der Waals surface area (Å²) in [5, 5.41) is 10.7. The lowest BCUT2D eigenvalue weighted by atomic mass is 9.84. The Morgan fingerprint density at radius 3 is 2.14 bits per heavy atom. The van der Waals surface area contributed by atoms with Crippen LogP contribution in [-0.4, -0.2) is 10.9 Å². The van der Waals surface area contributed by atoms with Crippen LogP contribution in [0.1, 0.15) is 22.3 Å². The van der Waals surface area contributed by atoms with Crippen LogP contribution in [0.5, 0.6) is 0 Å². The quantitative estimate of drug-likeness (QED) is 0.869. The SMILES string of the molecule is O=C(C1=CCC(O)(c2ccccc2)C=C1)c1ccccc1. The molecule has 0 aliphatic heterocycles. The van der Waals surface area contributed by atoms with Crippen LogP contribution in [0.4, 0.5) is 0 Å². The summed E-state index contributed by atoms with van der Waals surface area (Å²) >= 11 is 0. The second kappa shape index (κ2) is 5.51. The van der Waals surface area contributed by atoms with Gasteiger partial charge in [0.1, 0.15) is 5.60 Å². The van der Waals surface area contributed by atoms with Crippen LogP contribution in [0, 0.1) is 0 Å². The Bertz CT molecular complexity index is 699. The maximum absolute atomic E-state index is 12.3. The number of carbonyl (C=O) groups excluding carboxylic acids is 1. The highest BCUT2D eigenvalue weighted by atomic mass is 16.3. The molecule has 0 saturated heterocycles. The summed E-state index contributed by atoms with van der Waals surface area (Å²) < 4.78 is 0. The fraction of sp³-hybridized carbons (Fsp3) is 0.105. The smallest absolute Gasteiger partial charge is 0.192 e. The van der Waals surface area contributed by atoms with Crippen molar-refractivity contribution in [3.8, 4) is 0 Å². The van der Waals surface area contributed by atoms with Crippen molar-refractivity contribution in [2.45, 2.75) is 12.0 Å². The van der Waals surface area contributed by atoms with E-state index in [4.69, 9.17) is 0 Å². The van der Waals surface area contributed by atoms with Crippen molar-refractivity contribution in [1.82, 2.24) is 0 Å². The number of allylic oxidation sites excluding steroid dienone is 2. The minimum Gasteiger partial charge on any atom is -0.381 e. The highest BCUT2D eigenvalue weighted by molar-refractivity contribution is 6.10. The minimum absolute atomic E-state index is 0.0121.